The van der Waals surface area contributed by atoms with Crippen molar-refractivity contribution in [3.63, 3.8) is 0 Å². The molecule has 5 heteroatoms. The van der Waals surface area contributed by atoms with E-state index in [0.717, 1.165) is 18.4 Å². The molecule has 0 amide bonds. The van der Waals surface area contributed by atoms with E-state index in [9.17, 15) is 8.42 Å². The Kier molecular flexibility index (Phi) is 5.16. The third-order valence-electron chi connectivity index (χ3n) is 2.99. The number of hydrogen-bond acceptors (Lipinski definition) is 3. The number of nitrogens with two attached hydrogens (primary N) is 1. The number of nitrogens with zero attached hydrogens (tertiary/aromatic N) is 1. The normalized spacial score (nSPS) is 12.0. The van der Waals surface area contributed by atoms with Crippen molar-refractivity contribution in [3.8, 4) is 0 Å². The Morgan fingerprint density at radius 2 is 1.94 bits per heavy atom. The van der Waals surface area contributed by atoms with Crippen LogP contribution in [0.5, 0.6) is 0 Å². The summed E-state index contributed by atoms with van der Waals surface area (Å²) in [7, 11) is -3.38. The van der Waals surface area contributed by atoms with Gasteiger partial charge < -0.3 is 5.73 Å². The zero-order chi connectivity index (χ0) is 13.8. The first-order chi connectivity index (χ1) is 8.43. The van der Waals surface area contributed by atoms with Gasteiger partial charge in [0.15, 0.2) is 0 Å². The molecule has 0 aliphatic rings. The minimum Gasteiger partial charge on any atom is -0.399 e. The first kappa shape index (κ1) is 15.0. The predicted molar refractivity (Wildman–Crippen MR) is 74.9 cm³/mol. The second kappa shape index (κ2) is 6.20. The first-order valence-electron chi connectivity index (χ1n) is 6.29. The molecule has 1 aromatic rings. The summed E-state index contributed by atoms with van der Waals surface area (Å²) >= 11 is 0. The molecule has 102 valence electrons. The Morgan fingerprint density at radius 1 is 1.28 bits per heavy atom. The van der Waals surface area contributed by atoms with E-state index in [1.54, 1.807) is 18.2 Å². The summed E-state index contributed by atoms with van der Waals surface area (Å²) in [6.45, 7) is 6.78. The molecular weight excluding hydrogens is 248 g/mol. The van der Waals surface area contributed by atoms with Crippen molar-refractivity contribution >= 4 is 15.7 Å². The quantitative estimate of drug-likeness (QED) is 0.807. The van der Waals surface area contributed by atoms with Crippen LogP contribution < -0.4 is 5.73 Å². The maximum Gasteiger partial charge on any atom is 0.243 e. The van der Waals surface area contributed by atoms with Crippen LogP contribution in [0.4, 0.5) is 5.69 Å². The summed E-state index contributed by atoms with van der Waals surface area (Å²) in [5, 5.41) is 0. The summed E-state index contributed by atoms with van der Waals surface area (Å²) < 4.78 is 26.4. The zero-order valence-corrected chi connectivity index (χ0v) is 12.1. The molecule has 2 N–H and O–H groups in total. The molecule has 0 radical (unpaired) electrons. The topological polar surface area (TPSA) is 63.4 Å². The van der Waals surface area contributed by atoms with Gasteiger partial charge in [-0.2, -0.15) is 4.31 Å². The van der Waals surface area contributed by atoms with Gasteiger partial charge in [0.25, 0.3) is 0 Å². The lowest BCUT2D eigenvalue weighted by atomic mass is 10.2. The van der Waals surface area contributed by atoms with Crippen molar-refractivity contribution in [2.75, 3.05) is 18.8 Å². The molecule has 0 fully saturated rings. The fraction of sp³-hybridized carbons (Fsp3) is 0.538. The molecule has 1 rings (SSSR count). The molecule has 0 aliphatic carbocycles. The standard InChI is InChI=1S/C13H22N2O2S/c1-4-6-9-15(5-2)18(16,17)12-7-8-13(14)11(3)10-12/h7-8,10H,4-6,9,14H2,1-3H3. The van der Waals surface area contributed by atoms with E-state index in [4.69, 9.17) is 5.73 Å². The molecule has 1 aromatic carbocycles. The van der Waals surface area contributed by atoms with Crippen molar-refractivity contribution in [3.05, 3.63) is 23.8 Å². The second-order valence-electron chi connectivity index (χ2n) is 4.37. The predicted octanol–water partition coefficient (Wildman–Crippen LogP) is 2.39. The lowest BCUT2D eigenvalue weighted by Crippen LogP contribution is -2.31. The average Bonchev–Trinajstić information content (AvgIpc) is 2.33. The van der Waals surface area contributed by atoms with Crippen molar-refractivity contribution in [1.82, 2.24) is 4.31 Å². The van der Waals surface area contributed by atoms with E-state index in [1.165, 1.54) is 4.31 Å². The molecule has 0 saturated heterocycles. The van der Waals surface area contributed by atoms with E-state index >= 15 is 0 Å². The van der Waals surface area contributed by atoms with Crippen LogP contribution in [0, 0.1) is 6.92 Å². The molecular formula is C13H22N2O2S. The van der Waals surface area contributed by atoms with E-state index in [0.29, 0.717) is 23.7 Å². The summed E-state index contributed by atoms with van der Waals surface area (Å²) in [5.74, 6) is 0. The van der Waals surface area contributed by atoms with Crippen LogP contribution in [-0.2, 0) is 10.0 Å². The largest absolute Gasteiger partial charge is 0.399 e. The average molecular weight is 270 g/mol. The van der Waals surface area contributed by atoms with Gasteiger partial charge in [-0.25, -0.2) is 8.42 Å². The fourth-order valence-corrected chi connectivity index (χ4v) is 3.31. The van der Waals surface area contributed by atoms with Gasteiger partial charge in [-0.1, -0.05) is 20.3 Å². The lowest BCUT2D eigenvalue weighted by molar-refractivity contribution is 0.419. The first-order valence-corrected chi connectivity index (χ1v) is 7.73. The lowest BCUT2D eigenvalue weighted by Gasteiger charge is -2.20. The summed E-state index contributed by atoms with van der Waals surface area (Å²) in [6, 6.07) is 4.86. The molecule has 0 saturated carbocycles. The number of rotatable bonds is 6. The number of unbranched alkanes of at least 4 members (excludes halogenated alkanes) is 1. The number of benzene rings is 1. The van der Waals surface area contributed by atoms with Gasteiger partial charge in [-0.3, -0.25) is 0 Å². The van der Waals surface area contributed by atoms with Crippen molar-refractivity contribution in [2.45, 2.75) is 38.5 Å². The summed E-state index contributed by atoms with van der Waals surface area (Å²) in [4.78, 5) is 0.326. The molecule has 0 spiro atoms. The number of sulfonamides is 1. The van der Waals surface area contributed by atoms with Crippen LogP contribution >= 0.6 is 0 Å². The minimum atomic E-state index is -3.38. The maximum absolute atomic E-state index is 12.4. The van der Waals surface area contributed by atoms with Crippen LogP contribution in [-0.4, -0.2) is 25.8 Å². The SMILES string of the molecule is CCCCN(CC)S(=O)(=O)c1ccc(N)c(C)c1. The van der Waals surface area contributed by atoms with Gasteiger partial charge in [0.05, 0.1) is 4.90 Å². The molecule has 4 nitrogen and oxygen atoms in total. The van der Waals surface area contributed by atoms with E-state index in [-0.39, 0.29) is 0 Å². The monoisotopic (exact) mass is 270 g/mol. The maximum atomic E-state index is 12.4. The second-order valence-corrected chi connectivity index (χ2v) is 6.31. The number of hydrogen-bond donors (Lipinski definition) is 1. The zero-order valence-electron chi connectivity index (χ0n) is 11.3. The highest BCUT2D eigenvalue weighted by Crippen LogP contribution is 2.20. The summed E-state index contributed by atoms with van der Waals surface area (Å²) in [6.07, 6.45) is 1.85. The number of nitrogen functional groups attached to an aromatic ring is 1. The number of aryl methyl sites for hydroxylation is 1. The molecule has 0 unspecified atom stereocenters. The van der Waals surface area contributed by atoms with Gasteiger partial charge in [-0.05, 0) is 37.1 Å². The smallest absolute Gasteiger partial charge is 0.243 e. The molecule has 0 heterocycles. The Bertz CT molecular complexity index is 498. The molecule has 0 bridgehead atoms. The Morgan fingerprint density at radius 3 is 2.44 bits per heavy atom. The van der Waals surface area contributed by atoms with Gasteiger partial charge >= 0.3 is 0 Å². The van der Waals surface area contributed by atoms with Crippen LogP contribution in [0.1, 0.15) is 32.3 Å². The van der Waals surface area contributed by atoms with E-state index in [2.05, 4.69) is 0 Å². The van der Waals surface area contributed by atoms with Crippen LogP contribution in [0.15, 0.2) is 23.1 Å². The van der Waals surface area contributed by atoms with Crippen LogP contribution in [0.2, 0.25) is 0 Å². The Hall–Kier alpha value is -1.07. The van der Waals surface area contributed by atoms with Gasteiger partial charge in [-0.15, -0.1) is 0 Å². The van der Waals surface area contributed by atoms with Gasteiger partial charge in [0.1, 0.15) is 0 Å². The highest BCUT2D eigenvalue weighted by atomic mass is 32.2. The van der Waals surface area contributed by atoms with Crippen molar-refractivity contribution in [1.29, 1.82) is 0 Å². The van der Waals surface area contributed by atoms with Crippen LogP contribution in [0.3, 0.4) is 0 Å². The minimum absolute atomic E-state index is 0.326. The molecule has 0 atom stereocenters. The fourth-order valence-electron chi connectivity index (χ4n) is 1.74. The number of anilines is 1. The van der Waals surface area contributed by atoms with Crippen LogP contribution in [0.25, 0.3) is 0 Å². The van der Waals surface area contributed by atoms with Gasteiger partial charge in [0.2, 0.25) is 10.0 Å². The van der Waals surface area contributed by atoms with E-state index in [1.807, 2.05) is 20.8 Å². The third-order valence-corrected chi connectivity index (χ3v) is 4.96. The van der Waals surface area contributed by atoms with E-state index < -0.39 is 10.0 Å². The molecule has 0 aliphatic heterocycles. The summed E-state index contributed by atoms with van der Waals surface area (Å²) in [5.41, 5.74) is 7.12. The van der Waals surface area contributed by atoms with Crippen molar-refractivity contribution in [2.24, 2.45) is 0 Å². The Balaban J connectivity index is 3.06. The third kappa shape index (κ3) is 3.23. The highest BCUT2D eigenvalue weighted by molar-refractivity contribution is 7.89. The van der Waals surface area contributed by atoms with Crippen molar-refractivity contribution < 1.29 is 8.42 Å². The molecule has 0 aromatic heterocycles. The molecule has 18 heavy (non-hydrogen) atoms. The van der Waals surface area contributed by atoms with Gasteiger partial charge in [0, 0.05) is 18.8 Å². The highest BCUT2D eigenvalue weighted by Gasteiger charge is 2.22. The Labute approximate surface area is 110 Å².